The molecule has 2 aromatic rings. The van der Waals surface area contributed by atoms with Crippen LogP contribution in [0.25, 0.3) is 10.9 Å². The Kier molecular flexibility index (Phi) is 3.06. The van der Waals surface area contributed by atoms with Crippen molar-refractivity contribution in [2.24, 2.45) is 5.73 Å². The van der Waals surface area contributed by atoms with Crippen LogP contribution in [0.3, 0.4) is 0 Å². The zero-order valence-corrected chi connectivity index (χ0v) is 8.92. The van der Waals surface area contributed by atoms with Gasteiger partial charge in [-0.1, -0.05) is 5.16 Å². The Bertz CT molecular complexity index is 519. The predicted octanol–water partition coefficient (Wildman–Crippen LogP) is 2.74. The molecule has 92 valence electrons. The molecule has 0 unspecified atom stereocenters. The van der Waals surface area contributed by atoms with Gasteiger partial charge < -0.3 is 10.3 Å². The molecule has 6 heteroatoms. The Balaban J connectivity index is 2.38. The van der Waals surface area contributed by atoms with Crippen molar-refractivity contribution < 1.29 is 17.7 Å². The van der Waals surface area contributed by atoms with E-state index in [1.807, 2.05) is 0 Å². The second kappa shape index (κ2) is 4.37. The Hall–Kier alpha value is -1.56. The molecule has 0 aliphatic rings. The van der Waals surface area contributed by atoms with E-state index in [0.717, 1.165) is 12.1 Å². The van der Waals surface area contributed by atoms with Gasteiger partial charge in [-0.3, -0.25) is 0 Å². The van der Waals surface area contributed by atoms with Crippen molar-refractivity contribution in [3.63, 3.8) is 0 Å². The van der Waals surface area contributed by atoms with Gasteiger partial charge in [0.1, 0.15) is 11.3 Å². The normalized spacial score (nSPS) is 12.2. The van der Waals surface area contributed by atoms with Gasteiger partial charge in [-0.05, 0) is 31.2 Å². The summed E-state index contributed by atoms with van der Waals surface area (Å²) in [6.45, 7) is 0.503. The fourth-order valence-corrected chi connectivity index (χ4v) is 1.62. The summed E-state index contributed by atoms with van der Waals surface area (Å²) in [5.74, 6) is 0.583. The molecule has 17 heavy (non-hydrogen) atoms. The largest absolute Gasteiger partial charge is 0.416 e. The zero-order valence-electron chi connectivity index (χ0n) is 8.92. The van der Waals surface area contributed by atoms with Crippen LogP contribution in [0.1, 0.15) is 17.7 Å². The first kappa shape index (κ1) is 11.9. The van der Waals surface area contributed by atoms with Crippen molar-refractivity contribution in [1.82, 2.24) is 5.16 Å². The number of halogens is 3. The standard InChI is InChI=1S/C11H11F3N2O/c12-11(13,14)7-3-4-8-9(6-7)16-17-10(8)2-1-5-15/h3-4,6H,1-2,5,15H2. The van der Waals surface area contributed by atoms with Gasteiger partial charge in [-0.15, -0.1) is 0 Å². The summed E-state index contributed by atoms with van der Waals surface area (Å²) >= 11 is 0. The number of hydrogen-bond acceptors (Lipinski definition) is 3. The van der Waals surface area contributed by atoms with Crippen LogP contribution in [0.2, 0.25) is 0 Å². The van der Waals surface area contributed by atoms with Gasteiger partial charge in [0.25, 0.3) is 0 Å². The molecule has 0 fully saturated rings. The van der Waals surface area contributed by atoms with Crippen molar-refractivity contribution in [3.8, 4) is 0 Å². The SMILES string of the molecule is NCCCc1onc2cc(C(F)(F)F)ccc12. The molecule has 0 aliphatic heterocycles. The first-order valence-electron chi connectivity index (χ1n) is 5.18. The van der Waals surface area contributed by atoms with Gasteiger partial charge in [0, 0.05) is 11.8 Å². The molecule has 0 amide bonds. The maximum absolute atomic E-state index is 12.5. The quantitative estimate of drug-likeness (QED) is 0.903. The highest BCUT2D eigenvalue weighted by molar-refractivity contribution is 5.81. The van der Waals surface area contributed by atoms with Gasteiger partial charge in [-0.25, -0.2) is 0 Å². The lowest BCUT2D eigenvalue weighted by molar-refractivity contribution is -0.137. The van der Waals surface area contributed by atoms with Crippen molar-refractivity contribution in [1.29, 1.82) is 0 Å². The number of nitrogens with two attached hydrogens (primary N) is 1. The Morgan fingerprint density at radius 2 is 2.06 bits per heavy atom. The van der Waals surface area contributed by atoms with Crippen LogP contribution in [0.15, 0.2) is 22.7 Å². The highest BCUT2D eigenvalue weighted by Crippen LogP contribution is 2.32. The molecule has 1 aromatic carbocycles. The molecular weight excluding hydrogens is 233 g/mol. The van der Waals surface area contributed by atoms with Gasteiger partial charge >= 0.3 is 6.18 Å². The van der Waals surface area contributed by atoms with Crippen LogP contribution in [0.5, 0.6) is 0 Å². The molecule has 1 aromatic heterocycles. The molecule has 1 heterocycles. The highest BCUT2D eigenvalue weighted by Gasteiger charge is 2.31. The molecule has 0 saturated carbocycles. The number of alkyl halides is 3. The molecule has 0 radical (unpaired) electrons. The monoisotopic (exact) mass is 244 g/mol. The summed E-state index contributed by atoms with van der Waals surface area (Å²) in [7, 11) is 0. The fraction of sp³-hybridized carbons (Fsp3) is 0.364. The first-order chi connectivity index (χ1) is 8.02. The van der Waals surface area contributed by atoms with Gasteiger partial charge in [0.05, 0.1) is 5.56 Å². The molecule has 0 atom stereocenters. The third-order valence-electron chi connectivity index (χ3n) is 2.49. The highest BCUT2D eigenvalue weighted by atomic mass is 19.4. The lowest BCUT2D eigenvalue weighted by Crippen LogP contribution is -2.04. The molecule has 2 N–H and O–H groups in total. The van der Waals surface area contributed by atoms with E-state index >= 15 is 0 Å². The number of rotatable bonds is 3. The topological polar surface area (TPSA) is 52.0 Å². The molecule has 3 nitrogen and oxygen atoms in total. The molecule has 0 bridgehead atoms. The van der Waals surface area contributed by atoms with Gasteiger partial charge in [0.15, 0.2) is 0 Å². The summed E-state index contributed by atoms with van der Waals surface area (Å²) in [5, 5.41) is 4.25. The molecular formula is C11H11F3N2O. The second-order valence-electron chi connectivity index (χ2n) is 3.73. The molecule has 0 aliphatic carbocycles. The van der Waals surface area contributed by atoms with Crippen LogP contribution < -0.4 is 5.73 Å². The maximum Gasteiger partial charge on any atom is 0.416 e. The minimum atomic E-state index is -4.36. The Morgan fingerprint density at radius 1 is 1.29 bits per heavy atom. The van der Waals surface area contributed by atoms with E-state index < -0.39 is 11.7 Å². The lowest BCUT2D eigenvalue weighted by atomic mass is 10.1. The van der Waals surface area contributed by atoms with E-state index in [-0.39, 0.29) is 5.52 Å². The third-order valence-corrected chi connectivity index (χ3v) is 2.49. The smallest absolute Gasteiger partial charge is 0.360 e. The summed E-state index contributed by atoms with van der Waals surface area (Å²) in [6.07, 6.45) is -3.06. The van der Waals surface area contributed by atoms with Crippen LogP contribution in [0, 0.1) is 0 Å². The minimum absolute atomic E-state index is 0.229. The number of aromatic nitrogens is 1. The van der Waals surface area contributed by atoms with Crippen molar-refractivity contribution in [2.45, 2.75) is 19.0 Å². The summed E-state index contributed by atoms with van der Waals surface area (Å²) in [5.41, 5.74) is 4.87. The first-order valence-corrected chi connectivity index (χ1v) is 5.18. The van der Waals surface area contributed by atoms with Crippen LogP contribution in [0.4, 0.5) is 13.2 Å². The van der Waals surface area contributed by atoms with Crippen LogP contribution in [-0.4, -0.2) is 11.7 Å². The number of benzene rings is 1. The Labute approximate surface area is 95.4 Å². The van der Waals surface area contributed by atoms with E-state index in [9.17, 15) is 13.2 Å². The van der Waals surface area contributed by atoms with Crippen LogP contribution >= 0.6 is 0 Å². The average molecular weight is 244 g/mol. The molecule has 0 spiro atoms. The van der Waals surface area contributed by atoms with E-state index in [1.165, 1.54) is 6.07 Å². The minimum Gasteiger partial charge on any atom is -0.360 e. The number of aryl methyl sites for hydroxylation is 1. The predicted molar refractivity (Wildman–Crippen MR) is 56.4 cm³/mol. The van der Waals surface area contributed by atoms with Crippen molar-refractivity contribution in [3.05, 3.63) is 29.5 Å². The summed E-state index contributed by atoms with van der Waals surface area (Å²) in [4.78, 5) is 0. The summed E-state index contributed by atoms with van der Waals surface area (Å²) in [6, 6.07) is 3.41. The fourth-order valence-electron chi connectivity index (χ4n) is 1.62. The summed E-state index contributed by atoms with van der Waals surface area (Å²) < 4.78 is 42.4. The lowest BCUT2D eigenvalue weighted by Gasteiger charge is -2.05. The van der Waals surface area contributed by atoms with E-state index in [1.54, 1.807) is 0 Å². The van der Waals surface area contributed by atoms with Crippen molar-refractivity contribution in [2.75, 3.05) is 6.54 Å². The number of fused-ring (bicyclic) bond motifs is 1. The van der Waals surface area contributed by atoms with E-state index in [4.69, 9.17) is 10.3 Å². The maximum atomic E-state index is 12.5. The average Bonchev–Trinajstić information content (AvgIpc) is 2.67. The zero-order chi connectivity index (χ0) is 12.5. The number of nitrogens with zero attached hydrogens (tertiary/aromatic N) is 1. The van der Waals surface area contributed by atoms with Crippen molar-refractivity contribution >= 4 is 10.9 Å². The molecule has 2 rings (SSSR count). The molecule has 0 saturated heterocycles. The van der Waals surface area contributed by atoms with E-state index in [2.05, 4.69) is 5.16 Å². The van der Waals surface area contributed by atoms with Gasteiger partial charge in [-0.2, -0.15) is 13.2 Å². The third kappa shape index (κ3) is 2.41. The number of hydrogen-bond donors (Lipinski definition) is 1. The Morgan fingerprint density at radius 3 is 2.71 bits per heavy atom. The van der Waals surface area contributed by atoms with Gasteiger partial charge in [0.2, 0.25) is 0 Å². The van der Waals surface area contributed by atoms with E-state index in [0.29, 0.717) is 30.5 Å². The second-order valence-corrected chi connectivity index (χ2v) is 3.73. The van der Waals surface area contributed by atoms with Crippen LogP contribution in [-0.2, 0) is 12.6 Å².